The van der Waals surface area contributed by atoms with Gasteiger partial charge in [-0.15, -0.1) is 0 Å². The van der Waals surface area contributed by atoms with Gasteiger partial charge in [-0.3, -0.25) is 4.79 Å². The highest BCUT2D eigenvalue weighted by molar-refractivity contribution is 8.01. The number of thioether (sulfide) groups is 1. The molecule has 1 heterocycles. The summed E-state index contributed by atoms with van der Waals surface area (Å²) in [6, 6.07) is -0.676. The van der Waals surface area contributed by atoms with Gasteiger partial charge in [-0.05, 0) is 5.41 Å². The molecule has 0 aromatic rings. The number of nitrogens with two attached hydrogens (primary N) is 1. The van der Waals surface area contributed by atoms with E-state index in [1.54, 1.807) is 18.7 Å². The zero-order valence-electron chi connectivity index (χ0n) is 12.0. The fourth-order valence-corrected chi connectivity index (χ4v) is 4.85. The van der Waals surface area contributed by atoms with Crippen LogP contribution in [0.2, 0.25) is 0 Å². The molecular weight excluding hydrogens is 284 g/mol. The number of sulfone groups is 1. The van der Waals surface area contributed by atoms with E-state index in [4.69, 9.17) is 5.73 Å². The van der Waals surface area contributed by atoms with E-state index in [-0.39, 0.29) is 17.1 Å². The summed E-state index contributed by atoms with van der Waals surface area (Å²) in [5.41, 5.74) is 5.61. The predicted molar refractivity (Wildman–Crippen MR) is 79.7 cm³/mol. The quantitative estimate of drug-likeness (QED) is 0.830. The molecule has 19 heavy (non-hydrogen) atoms. The molecule has 1 aliphatic rings. The Kier molecular flexibility index (Phi) is 5.31. The Bertz CT molecular complexity index is 429. The topological polar surface area (TPSA) is 80.5 Å². The lowest BCUT2D eigenvalue weighted by molar-refractivity contribution is -0.135. The van der Waals surface area contributed by atoms with Crippen molar-refractivity contribution in [1.29, 1.82) is 0 Å². The second kappa shape index (κ2) is 6.01. The maximum atomic E-state index is 12.4. The number of hydrogen-bond acceptors (Lipinski definition) is 5. The Hall–Kier alpha value is -0.270. The van der Waals surface area contributed by atoms with Crippen LogP contribution in [0.4, 0.5) is 0 Å². The maximum Gasteiger partial charge on any atom is 0.241 e. The smallest absolute Gasteiger partial charge is 0.241 e. The van der Waals surface area contributed by atoms with Crippen LogP contribution in [-0.4, -0.2) is 54.4 Å². The molecule has 0 spiro atoms. The molecule has 5 nitrogen and oxygen atoms in total. The molecule has 1 amide bonds. The minimum Gasteiger partial charge on any atom is -0.323 e. The molecule has 0 aromatic heterocycles. The van der Waals surface area contributed by atoms with E-state index in [1.165, 1.54) is 4.90 Å². The van der Waals surface area contributed by atoms with Gasteiger partial charge in [-0.1, -0.05) is 27.7 Å². The van der Waals surface area contributed by atoms with Gasteiger partial charge in [0.2, 0.25) is 5.91 Å². The molecule has 0 aromatic carbocycles. The van der Waals surface area contributed by atoms with E-state index in [1.807, 2.05) is 20.8 Å². The van der Waals surface area contributed by atoms with Gasteiger partial charge in [-0.25, -0.2) is 8.42 Å². The van der Waals surface area contributed by atoms with E-state index in [2.05, 4.69) is 0 Å². The molecule has 1 rings (SSSR count). The van der Waals surface area contributed by atoms with E-state index in [0.29, 0.717) is 12.3 Å². The highest BCUT2D eigenvalue weighted by atomic mass is 32.2. The van der Waals surface area contributed by atoms with Gasteiger partial charge in [0.25, 0.3) is 0 Å². The molecule has 0 aliphatic carbocycles. The van der Waals surface area contributed by atoms with E-state index in [9.17, 15) is 13.2 Å². The zero-order chi connectivity index (χ0) is 14.8. The summed E-state index contributed by atoms with van der Waals surface area (Å²) in [5, 5.41) is -0.725. The molecule has 2 N–H and O–H groups in total. The minimum absolute atomic E-state index is 0.0484. The van der Waals surface area contributed by atoms with Crippen molar-refractivity contribution in [3.05, 3.63) is 0 Å². The number of nitrogens with zero attached hydrogens (tertiary/aromatic N) is 1. The highest BCUT2D eigenvalue weighted by Crippen LogP contribution is 2.25. The third-order valence-corrected chi connectivity index (χ3v) is 6.67. The van der Waals surface area contributed by atoms with Crippen molar-refractivity contribution in [3.63, 3.8) is 0 Å². The molecule has 1 fully saturated rings. The molecule has 0 bridgehead atoms. The van der Waals surface area contributed by atoms with Gasteiger partial charge in [0.1, 0.15) is 5.37 Å². The van der Waals surface area contributed by atoms with Gasteiger partial charge in [0.05, 0.1) is 6.04 Å². The zero-order valence-corrected chi connectivity index (χ0v) is 13.7. The fraction of sp³-hybridized carbons (Fsp3) is 0.917. The molecule has 1 aliphatic heterocycles. The first-order valence-electron chi connectivity index (χ1n) is 6.46. The van der Waals surface area contributed by atoms with Crippen LogP contribution in [0.3, 0.4) is 0 Å². The highest BCUT2D eigenvalue weighted by Gasteiger charge is 2.40. The molecule has 7 heteroatoms. The SMILES string of the molecule is CCS(=O)(=O)C1CSCCN1C(=O)[C@@H](N)C(C)(C)C. The van der Waals surface area contributed by atoms with Crippen molar-refractivity contribution >= 4 is 27.5 Å². The lowest BCUT2D eigenvalue weighted by atomic mass is 9.86. The Labute approximate surface area is 120 Å². The fourth-order valence-electron chi connectivity index (χ4n) is 1.87. The van der Waals surface area contributed by atoms with Gasteiger partial charge < -0.3 is 10.6 Å². The van der Waals surface area contributed by atoms with Gasteiger partial charge in [0, 0.05) is 23.8 Å². The largest absolute Gasteiger partial charge is 0.323 e. The number of hydrogen-bond donors (Lipinski definition) is 1. The van der Waals surface area contributed by atoms with Crippen LogP contribution in [0.15, 0.2) is 0 Å². The monoisotopic (exact) mass is 308 g/mol. The van der Waals surface area contributed by atoms with Gasteiger partial charge in [0.15, 0.2) is 9.84 Å². The Morgan fingerprint density at radius 2 is 2.05 bits per heavy atom. The van der Waals surface area contributed by atoms with Crippen LogP contribution in [0.5, 0.6) is 0 Å². The Balaban J connectivity index is 2.99. The Morgan fingerprint density at radius 3 is 2.53 bits per heavy atom. The van der Waals surface area contributed by atoms with Gasteiger partial charge >= 0.3 is 0 Å². The van der Waals surface area contributed by atoms with Crippen molar-refractivity contribution in [2.24, 2.45) is 11.1 Å². The molecular formula is C12H24N2O3S2. The molecule has 1 saturated heterocycles. The van der Waals surface area contributed by atoms with E-state index < -0.39 is 21.3 Å². The first-order valence-corrected chi connectivity index (χ1v) is 9.33. The van der Waals surface area contributed by atoms with Crippen molar-refractivity contribution < 1.29 is 13.2 Å². The summed E-state index contributed by atoms with van der Waals surface area (Å²) in [6.07, 6.45) is 0. The first-order chi connectivity index (χ1) is 8.61. The molecule has 0 saturated carbocycles. The second-order valence-electron chi connectivity index (χ2n) is 5.86. The summed E-state index contributed by atoms with van der Waals surface area (Å²) in [7, 11) is -3.27. The van der Waals surface area contributed by atoms with E-state index in [0.717, 1.165) is 5.75 Å². The normalized spacial score (nSPS) is 23.2. The van der Waals surface area contributed by atoms with E-state index >= 15 is 0 Å². The number of carbonyl (C=O) groups excluding carboxylic acids is 1. The third-order valence-electron chi connectivity index (χ3n) is 3.38. The van der Waals surface area contributed by atoms with Crippen molar-refractivity contribution in [2.45, 2.75) is 39.1 Å². The van der Waals surface area contributed by atoms with Gasteiger partial charge in [-0.2, -0.15) is 11.8 Å². The molecule has 1 unspecified atom stereocenters. The van der Waals surface area contributed by atoms with Crippen LogP contribution in [0.25, 0.3) is 0 Å². The summed E-state index contributed by atoms with van der Waals surface area (Å²) >= 11 is 1.57. The summed E-state index contributed by atoms with van der Waals surface area (Å²) in [6.45, 7) is 7.73. The molecule has 112 valence electrons. The average Bonchev–Trinajstić information content (AvgIpc) is 2.36. The number of amides is 1. The summed E-state index contributed by atoms with van der Waals surface area (Å²) in [5.74, 6) is 0.999. The van der Waals surface area contributed by atoms with Crippen molar-refractivity contribution in [2.75, 3.05) is 23.8 Å². The summed E-state index contributed by atoms with van der Waals surface area (Å²) < 4.78 is 24.2. The maximum absolute atomic E-state index is 12.4. The van der Waals surface area contributed by atoms with Crippen LogP contribution in [0.1, 0.15) is 27.7 Å². The number of carbonyl (C=O) groups is 1. The second-order valence-corrected chi connectivity index (χ2v) is 9.45. The summed E-state index contributed by atoms with van der Waals surface area (Å²) in [4.78, 5) is 13.9. The van der Waals surface area contributed by atoms with Crippen LogP contribution >= 0.6 is 11.8 Å². The molecule has 0 radical (unpaired) electrons. The van der Waals surface area contributed by atoms with Crippen LogP contribution in [-0.2, 0) is 14.6 Å². The standard InChI is InChI=1S/C12H24N2O3S2/c1-5-19(16,17)9-8-18-7-6-14(9)11(15)10(13)12(2,3)4/h9-10H,5-8,13H2,1-4H3/t9?,10-/m1/s1. The van der Waals surface area contributed by atoms with Crippen LogP contribution < -0.4 is 5.73 Å². The predicted octanol–water partition coefficient (Wildman–Crippen LogP) is 0.696. The average molecular weight is 308 g/mol. The van der Waals surface area contributed by atoms with Crippen molar-refractivity contribution in [3.8, 4) is 0 Å². The lowest BCUT2D eigenvalue weighted by Gasteiger charge is -2.38. The van der Waals surface area contributed by atoms with Crippen molar-refractivity contribution in [1.82, 2.24) is 4.90 Å². The molecule has 2 atom stereocenters. The number of rotatable bonds is 3. The lowest BCUT2D eigenvalue weighted by Crippen LogP contribution is -2.58. The minimum atomic E-state index is -3.27. The third kappa shape index (κ3) is 3.86. The first kappa shape index (κ1) is 16.8. The Morgan fingerprint density at radius 1 is 1.47 bits per heavy atom. The van der Waals surface area contributed by atoms with Crippen LogP contribution in [0, 0.1) is 5.41 Å².